The maximum Gasteiger partial charge on any atom is 0.141 e. The zero-order valence-electron chi connectivity index (χ0n) is 6.82. The molecule has 64 valence electrons. The molecule has 0 aliphatic heterocycles. The fourth-order valence-electron chi connectivity index (χ4n) is 1.68. The zero-order valence-corrected chi connectivity index (χ0v) is 7.64. The first-order valence-electron chi connectivity index (χ1n) is 4.29. The maximum atomic E-state index is 11.5. The minimum atomic E-state index is 0.172. The molecule has 0 amide bonds. The maximum absolute atomic E-state index is 11.5. The number of carbonyl (C=O) groups excluding carboxylic acids is 1. The molecule has 1 unspecified atom stereocenters. The minimum absolute atomic E-state index is 0.172. The molecule has 2 rings (SSSR count). The minimum Gasteiger partial charge on any atom is -0.299 e. The lowest BCUT2D eigenvalue weighted by atomic mass is 9.87. The van der Waals surface area contributed by atoms with Crippen LogP contribution in [0.4, 0.5) is 0 Å². The number of nitrogens with zero attached hydrogens (tertiary/aromatic N) is 1. The van der Waals surface area contributed by atoms with E-state index in [1.54, 1.807) is 16.8 Å². The van der Waals surface area contributed by atoms with Gasteiger partial charge >= 0.3 is 0 Å². The Bertz CT molecular complexity index is 268. The Morgan fingerprint density at radius 2 is 2.42 bits per heavy atom. The van der Waals surface area contributed by atoms with Gasteiger partial charge in [0.2, 0.25) is 0 Å². The lowest BCUT2D eigenvalue weighted by Gasteiger charge is -2.18. The van der Waals surface area contributed by atoms with Crippen LogP contribution in [0.2, 0.25) is 0 Å². The molecule has 12 heavy (non-hydrogen) atoms. The highest BCUT2D eigenvalue weighted by Gasteiger charge is 2.24. The van der Waals surface area contributed by atoms with Gasteiger partial charge in [0.1, 0.15) is 5.78 Å². The molecule has 1 aromatic heterocycles. The van der Waals surface area contributed by atoms with E-state index in [2.05, 4.69) is 4.98 Å². The number of ketones is 1. The van der Waals surface area contributed by atoms with Crippen molar-refractivity contribution in [3.63, 3.8) is 0 Å². The second kappa shape index (κ2) is 3.35. The number of rotatable bonds is 1. The average Bonchev–Trinajstić information content (AvgIpc) is 2.57. The smallest absolute Gasteiger partial charge is 0.141 e. The van der Waals surface area contributed by atoms with E-state index in [1.807, 2.05) is 6.20 Å². The van der Waals surface area contributed by atoms with Crippen LogP contribution < -0.4 is 0 Å². The summed E-state index contributed by atoms with van der Waals surface area (Å²) >= 11 is 1.60. The summed E-state index contributed by atoms with van der Waals surface area (Å²) in [6, 6.07) is 0. The largest absolute Gasteiger partial charge is 0.299 e. The first-order chi connectivity index (χ1) is 5.88. The van der Waals surface area contributed by atoms with Crippen molar-refractivity contribution in [1.82, 2.24) is 4.98 Å². The van der Waals surface area contributed by atoms with E-state index in [9.17, 15) is 4.79 Å². The molecular weight excluding hydrogens is 170 g/mol. The van der Waals surface area contributed by atoms with Gasteiger partial charge in [0, 0.05) is 17.5 Å². The number of hydrogen-bond donors (Lipinski definition) is 0. The monoisotopic (exact) mass is 181 g/mol. The summed E-state index contributed by atoms with van der Waals surface area (Å²) in [4.78, 5) is 16.6. The molecule has 1 atom stereocenters. The molecule has 1 heterocycles. The molecule has 1 aliphatic carbocycles. The SMILES string of the molecule is O=C1CCCCC1c1cncs1. The van der Waals surface area contributed by atoms with Crippen molar-refractivity contribution in [2.75, 3.05) is 0 Å². The topological polar surface area (TPSA) is 30.0 Å². The van der Waals surface area contributed by atoms with Crippen molar-refractivity contribution >= 4 is 17.1 Å². The van der Waals surface area contributed by atoms with E-state index in [4.69, 9.17) is 0 Å². The van der Waals surface area contributed by atoms with Crippen molar-refractivity contribution in [2.45, 2.75) is 31.6 Å². The highest BCUT2D eigenvalue weighted by molar-refractivity contribution is 7.09. The molecule has 1 aliphatic rings. The van der Waals surface area contributed by atoms with Crippen LogP contribution in [0.3, 0.4) is 0 Å². The molecule has 1 saturated carbocycles. The molecule has 0 radical (unpaired) electrons. The Hall–Kier alpha value is -0.700. The van der Waals surface area contributed by atoms with Crippen LogP contribution in [0.25, 0.3) is 0 Å². The summed E-state index contributed by atoms with van der Waals surface area (Å²) in [5.74, 6) is 0.580. The van der Waals surface area contributed by atoms with Crippen LogP contribution in [-0.2, 0) is 4.79 Å². The van der Waals surface area contributed by atoms with E-state index in [1.165, 1.54) is 6.42 Å². The lowest BCUT2D eigenvalue weighted by molar-refractivity contribution is -0.121. The molecule has 0 saturated heterocycles. The summed E-state index contributed by atoms with van der Waals surface area (Å²) in [7, 11) is 0. The first kappa shape index (κ1) is 7.92. The van der Waals surface area contributed by atoms with E-state index < -0.39 is 0 Å². The van der Waals surface area contributed by atoms with Crippen molar-refractivity contribution in [3.05, 3.63) is 16.6 Å². The predicted octanol–water partition coefficient (Wildman–Crippen LogP) is 2.37. The summed E-state index contributed by atoms with van der Waals surface area (Å²) in [6.45, 7) is 0. The molecule has 0 aromatic carbocycles. The summed E-state index contributed by atoms with van der Waals surface area (Å²) in [5.41, 5.74) is 1.80. The Morgan fingerprint density at radius 1 is 1.50 bits per heavy atom. The van der Waals surface area contributed by atoms with Crippen molar-refractivity contribution in [3.8, 4) is 0 Å². The third-order valence-corrected chi connectivity index (χ3v) is 3.24. The molecule has 1 fully saturated rings. The number of thiazole rings is 1. The standard InChI is InChI=1S/C9H11NOS/c11-8-4-2-1-3-7(8)9-5-10-6-12-9/h5-7H,1-4H2. The number of hydrogen-bond acceptors (Lipinski definition) is 3. The Morgan fingerprint density at radius 3 is 3.08 bits per heavy atom. The first-order valence-corrected chi connectivity index (χ1v) is 5.17. The highest BCUT2D eigenvalue weighted by Crippen LogP contribution is 2.31. The predicted molar refractivity (Wildman–Crippen MR) is 48.3 cm³/mol. The Labute approximate surface area is 75.6 Å². The van der Waals surface area contributed by atoms with Crippen LogP contribution in [0.1, 0.15) is 36.5 Å². The quantitative estimate of drug-likeness (QED) is 0.665. The van der Waals surface area contributed by atoms with Crippen molar-refractivity contribution < 1.29 is 4.79 Å². The molecular formula is C9H11NOS. The number of Topliss-reactive ketones (excluding diaryl/α,β-unsaturated/α-hetero) is 1. The molecule has 0 spiro atoms. The summed E-state index contributed by atoms with van der Waals surface area (Å²) < 4.78 is 0. The van der Waals surface area contributed by atoms with Gasteiger partial charge in [-0.25, -0.2) is 0 Å². The average molecular weight is 181 g/mol. The highest BCUT2D eigenvalue weighted by atomic mass is 32.1. The van der Waals surface area contributed by atoms with Gasteiger partial charge in [0.25, 0.3) is 0 Å². The van der Waals surface area contributed by atoms with Crippen LogP contribution in [0.15, 0.2) is 11.7 Å². The molecule has 3 heteroatoms. The summed E-state index contributed by atoms with van der Waals surface area (Å²) in [6.07, 6.45) is 5.89. The Balaban J connectivity index is 2.17. The van der Waals surface area contributed by atoms with Gasteiger partial charge in [-0.15, -0.1) is 11.3 Å². The van der Waals surface area contributed by atoms with Gasteiger partial charge in [0.05, 0.1) is 11.4 Å². The zero-order chi connectivity index (χ0) is 8.39. The second-order valence-electron chi connectivity index (χ2n) is 3.17. The van der Waals surface area contributed by atoms with Crippen LogP contribution in [-0.4, -0.2) is 10.8 Å². The van der Waals surface area contributed by atoms with E-state index in [0.717, 1.165) is 24.1 Å². The molecule has 0 bridgehead atoms. The normalized spacial score (nSPS) is 24.3. The van der Waals surface area contributed by atoms with Crippen LogP contribution in [0, 0.1) is 0 Å². The van der Waals surface area contributed by atoms with Crippen LogP contribution in [0.5, 0.6) is 0 Å². The van der Waals surface area contributed by atoms with E-state index in [0.29, 0.717) is 5.78 Å². The third kappa shape index (κ3) is 1.41. The van der Waals surface area contributed by atoms with Gasteiger partial charge in [-0.2, -0.15) is 0 Å². The molecule has 2 nitrogen and oxygen atoms in total. The van der Waals surface area contributed by atoms with Gasteiger partial charge < -0.3 is 0 Å². The second-order valence-corrected chi connectivity index (χ2v) is 4.09. The van der Waals surface area contributed by atoms with E-state index >= 15 is 0 Å². The number of carbonyl (C=O) groups is 1. The van der Waals surface area contributed by atoms with Gasteiger partial charge in [-0.3, -0.25) is 9.78 Å². The fraction of sp³-hybridized carbons (Fsp3) is 0.556. The van der Waals surface area contributed by atoms with E-state index in [-0.39, 0.29) is 5.92 Å². The Kier molecular flexibility index (Phi) is 2.21. The van der Waals surface area contributed by atoms with Crippen molar-refractivity contribution in [2.24, 2.45) is 0 Å². The van der Waals surface area contributed by atoms with Gasteiger partial charge in [0.15, 0.2) is 0 Å². The lowest BCUT2D eigenvalue weighted by Crippen LogP contribution is -2.15. The third-order valence-electron chi connectivity index (χ3n) is 2.35. The van der Waals surface area contributed by atoms with Crippen molar-refractivity contribution in [1.29, 1.82) is 0 Å². The number of aromatic nitrogens is 1. The fourth-order valence-corrected chi connectivity index (χ4v) is 2.46. The van der Waals surface area contributed by atoms with Crippen LogP contribution >= 0.6 is 11.3 Å². The summed E-state index contributed by atoms with van der Waals surface area (Å²) in [5, 5.41) is 0. The van der Waals surface area contributed by atoms with Gasteiger partial charge in [-0.05, 0) is 12.8 Å². The molecule has 0 N–H and O–H groups in total. The van der Waals surface area contributed by atoms with Gasteiger partial charge in [-0.1, -0.05) is 6.42 Å². The molecule has 1 aromatic rings.